The number of ether oxygens (including phenoxy) is 1. The Morgan fingerprint density at radius 3 is 2.76 bits per heavy atom. The molecule has 2 aromatic rings. The summed E-state index contributed by atoms with van der Waals surface area (Å²) in [6.07, 6.45) is 2.13. The summed E-state index contributed by atoms with van der Waals surface area (Å²) in [5, 5.41) is 1.12. The summed E-state index contributed by atoms with van der Waals surface area (Å²) in [5.74, 6) is 0.825. The predicted molar refractivity (Wildman–Crippen MR) is 68.2 cm³/mol. The van der Waals surface area contributed by atoms with Gasteiger partial charge in [-0.15, -0.1) is 0 Å². The lowest BCUT2D eigenvalue weighted by Crippen LogP contribution is -2.07. The molecule has 2 nitrogen and oxygen atoms in total. The minimum atomic E-state index is 0.323. The van der Waals surface area contributed by atoms with Crippen LogP contribution in [-0.2, 0) is 0 Å². The van der Waals surface area contributed by atoms with Gasteiger partial charge in [-0.3, -0.25) is 0 Å². The van der Waals surface area contributed by atoms with E-state index in [4.69, 9.17) is 9.16 Å². The fourth-order valence-corrected chi connectivity index (χ4v) is 1.86. The molecule has 0 unspecified atom stereocenters. The lowest BCUT2D eigenvalue weighted by Gasteiger charge is -1.94. The van der Waals surface area contributed by atoms with Crippen LogP contribution in [0.3, 0.4) is 0 Å². The van der Waals surface area contributed by atoms with Crippen LogP contribution in [0.2, 0.25) is 0 Å². The molecule has 17 heavy (non-hydrogen) atoms. The van der Waals surface area contributed by atoms with Crippen molar-refractivity contribution in [3.05, 3.63) is 68.7 Å². The first-order chi connectivity index (χ1) is 8.31. The molecule has 1 heterocycles. The van der Waals surface area contributed by atoms with Gasteiger partial charge in [0.15, 0.2) is 0 Å². The van der Waals surface area contributed by atoms with Crippen molar-refractivity contribution in [2.45, 2.75) is 6.92 Å². The molecule has 0 amide bonds. The van der Waals surface area contributed by atoms with Crippen molar-refractivity contribution < 1.29 is 4.74 Å². The van der Waals surface area contributed by atoms with E-state index in [2.05, 4.69) is 37.3 Å². The smallest absolute Gasteiger partial charge is 0.403 e. The third-order valence-electron chi connectivity index (χ3n) is 2.81. The molecule has 1 aliphatic rings. The van der Waals surface area contributed by atoms with E-state index < -0.39 is 0 Å². The highest BCUT2D eigenvalue weighted by atomic mass is 16.6. The summed E-state index contributed by atoms with van der Waals surface area (Å²) >= 11 is 0. The minimum Gasteiger partial charge on any atom is -0.403 e. The lowest BCUT2D eigenvalue weighted by molar-refractivity contribution is 0.371. The average molecular weight is 225 g/mol. The first kappa shape index (κ1) is 10.1. The molecular weight excluding hydrogens is 212 g/mol. The Bertz CT molecular complexity index is 654. The van der Waals surface area contributed by atoms with Crippen LogP contribution in [0.1, 0.15) is 11.1 Å². The fourth-order valence-electron chi connectivity index (χ4n) is 1.86. The Kier molecular flexibility index (Phi) is 2.41. The Hall–Kier alpha value is -2.09. The minimum absolute atomic E-state index is 0.323. The molecule has 0 radical (unpaired) electrons. The fraction of sp³-hybridized carbons (Fsp3) is 0.133. The molecule has 84 valence electrons. The summed E-state index contributed by atoms with van der Waals surface area (Å²) in [6.45, 7) is 2.41. The van der Waals surface area contributed by atoms with Crippen molar-refractivity contribution in [1.29, 1.82) is 0 Å². The van der Waals surface area contributed by atoms with Gasteiger partial charge in [0.25, 0.3) is 0 Å². The zero-order valence-electron chi connectivity index (χ0n) is 9.64. The molecular formula is C15H13O2+. The zero-order chi connectivity index (χ0) is 11.7. The van der Waals surface area contributed by atoms with Gasteiger partial charge in [0.1, 0.15) is 0 Å². The SMILES string of the molecule is Cc1ccc(C=c2ccc3c(c2)OC[O+]=3)cc1. The van der Waals surface area contributed by atoms with Crippen LogP contribution >= 0.6 is 0 Å². The second kappa shape index (κ2) is 4.06. The van der Waals surface area contributed by atoms with E-state index in [1.165, 1.54) is 11.1 Å². The first-order valence-electron chi connectivity index (χ1n) is 5.62. The topological polar surface area (TPSA) is 20.5 Å². The maximum atomic E-state index is 5.35. The molecule has 0 bridgehead atoms. The van der Waals surface area contributed by atoms with E-state index in [0.29, 0.717) is 6.79 Å². The van der Waals surface area contributed by atoms with Crippen molar-refractivity contribution in [3.8, 4) is 5.75 Å². The van der Waals surface area contributed by atoms with Gasteiger partial charge in [-0.1, -0.05) is 29.8 Å². The Morgan fingerprint density at radius 1 is 1.12 bits per heavy atom. The van der Waals surface area contributed by atoms with Crippen molar-refractivity contribution >= 4 is 6.08 Å². The van der Waals surface area contributed by atoms with E-state index in [9.17, 15) is 0 Å². The molecule has 0 fully saturated rings. The number of hydrogen-bond acceptors (Lipinski definition) is 1. The average Bonchev–Trinajstić information content (AvgIpc) is 2.79. The van der Waals surface area contributed by atoms with E-state index >= 15 is 0 Å². The van der Waals surface area contributed by atoms with Crippen molar-refractivity contribution in [2.24, 2.45) is 0 Å². The Morgan fingerprint density at radius 2 is 1.94 bits per heavy atom. The molecule has 2 aromatic carbocycles. The van der Waals surface area contributed by atoms with E-state index in [0.717, 1.165) is 16.4 Å². The van der Waals surface area contributed by atoms with Crippen molar-refractivity contribution in [2.75, 3.05) is 6.79 Å². The molecule has 0 saturated carbocycles. The van der Waals surface area contributed by atoms with Gasteiger partial charge >= 0.3 is 12.2 Å². The Labute approximate surface area is 99.5 Å². The number of hydrogen-bond donors (Lipinski definition) is 0. The van der Waals surface area contributed by atoms with E-state index in [1.807, 2.05) is 18.2 Å². The maximum Gasteiger partial charge on any atom is 0.412 e. The number of rotatable bonds is 1. The lowest BCUT2D eigenvalue weighted by atomic mass is 10.1. The molecule has 2 heteroatoms. The normalized spacial score (nSPS) is 14.1. The summed E-state index contributed by atoms with van der Waals surface area (Å²) < 4.78 is 10.6. The Balaban J connectivity index is 2.05. The maximum absolute atomic E-state index is 5.35. The molecule has 0 aromatic heterocycles. The van der Waals surface area contributed by atoms with Crippen LogP contribution in [0, 0.1) is 6.92 Å². The van der Waals surface area contributed by atoms with E-state index in [1.54, 1.807) is 0 Å². The van der Waals surface area contributed by atoms with Crippen LogP contribution in [-0.4, -0.2) is 6.79 Å². The third-order valence-corrected chi connectivity index (χ3v) is 2.81. The molecule has 0 atom stereocenters. The second-order valence-electron chi connectivity index (χ2n) is 4.17. The molecule has 0 saturated heterocycles. The van der Waals surface area contributed by atoms with Crippen LogP contribution < -0.4 is 15.4 Å². The molecule has 1 aliphatic heterocycles. The monoisotopic (exact) mass is 225 g/mol. The van der Waals surface area contributed by atoms with Crippen molar-refractivity contribution in [1.82, 2.24) is 0 Å². The van der Waals surface area contributed by atoms with Gasteiger partial charge in [0, 0.05) is 6.07 Å². The van der Waals surface area contributed by atoms with Crippen LogP contribution in [0.15, 0.2) is 46.9 Å². The molecule has 3 rings (SSSR count). The standard InChI is InChI=1S/C15H13O2/c1-11-2-4-12(5-3-11)8-13-6-7-14-15(9-13)17-10-16-14/h2-9H,10H2,1H3/q+1. The zero-order valence-corrected chi connectivity index (χ0v) is 9.64. The van der Waals surface area contributed by atoms with Gasteiger partial charge in [0.05, 0.1) is 0 Å². The predicted octanol–water partition coefficient (Wildman–Crippen LogP) is 1.79. The van der Waals surface area contributed by atoms with Gasteiger partial charge in [-0.2, -0.15) is 0 Å². The van der Waals surface area contributed by atoms with Gasteiger partial charge < -0.3 is 4.74 Å². The van der Waals surface area contributed by atoms with Crippen LogP contribution in [0.4, 0.5) is 0 Å². The molecule has 0 spiro atoms. The summed E-state index contributed by atoms with van der Waals surface area (Å²) in [5.41, 5.74) is 3.29. The quantitative estimate of drug-likeness (QED) is 0.678. The first-order valence-corrected chi connectivity index (χ1v) is 5.62. The summed E-state index contributed by atoms with van der Waals surface area (Å²) in [7, 11) is 0. The largest absolute Gasteiger partial charge is 0.412 e. The molecule has 0 N–H and O–H groups in total. The van der Waals surface area contributed by atoms with Gasteiger partial charge in [0.2, 0.25) is 5.75 Å². The number of fused-ring (bicyclic) bond motifs is 1. The highest BCUT2D eigenvalue weighted by Gasteiger charge is 2.14. The third kappa shape index (κ3) is 2.07. The van der Waals surface area contributed by atoms with Gasteiger partial charge in [-0.25, -0.2) is 4.42 Å². The van der Waals surface area contributed by atoms with Crippen LogP contribution in [0.5, 0.6) is 5.75 Å². The highest BCUT2D eigenvalue weighted by molar-refractivity contribution is 5.50. The van der Waals surface area contributed by atoms with E-state index in [-0.39, 0.29) is 0 Å². The highest BCUT2D eigenvalue weighted by Crippen LogP contribution is 2.06. The van der Waals surface area contributed by atoms with Crippen LogP contribution in [0.25, 0.3) is 6.08 Å². The number of benzene rings is 2. The van der Waals surface area contributed by atoms with Crippen molar-refractivity contribution in [3.63, 3.8) is 0 Å². The second-order valence-corrected chi connectivity index (χ2v) is 4.17. The molecule has 0 aliphatic carbocycles. The summed E-state index contributed by atoms with van der Waals surface area (Å²) in [6, 6.07) is 14.4. The number of aryl methyl sites for hydroxylation is 1. The van der Waals surface area contributed by atoms with Gasteiger partial charge in [-0.05, 0) is 35.9 Å². The summed E-state index contributed by atoms with van der Waals surface area (Å²) in [4.78, 5) is 0.